The first-order chi connectivity index (χ1) is 16.0. The minimum Gasteiger partial charge on any atom is -0.508 e. The van der Waals surface area contributed by atoms with Gasteiger partial charge in [0, 0.05) is 15.6 Å². The van der Waals surface area contributed by atoms with Crippen molar-refractivity contribution in [2.45, 2.75) is 0 Å². The van der Waals surface area contributed by atoms with Crippen LogP contribution in [0.1, 0.15) is 21.5 Å². The van der Waals surface area contributed by atoms with E-state index in [4.69, 9.17) is 9.47 Å². The Bertz CT molecular complexity index is 1260. The fraction of sp³-hybridized carbons (Fsp3) is 0.0417. The van der Waals surface area contributed by atoms with Gasteiger partial charge in [0.15, 0.2) is 11.5 Å². The molecule has 0 saturated carbocycles. The molecule has 0 fully saturated rings. The van der Waals surface area contributed by atoms with Crippen molar-refractivity contribution in [2.75, 3.05) is 6.79 Å². The van der Waals surface area contributed by atoms with Crippen molar-refractivity contribution in [3.8, 4) is 17.2 Å². The zero-order valence-electron chi connectivity index (χ0n) is 17.1. The standard InChI is InChI=1S/C24H18BrN3O5/c25-19-8-7-18(29)12-17(19)13-26-28-24(31)20(27-23(30)16-4-2-1-3-5-16)10-15-6-9-21-22(11-15)33-14-32-21/h1-13,29H,14H2,(H,27,30)(H,28,31)/b20-10?,26-13-. The third kappa shape index (κ3) is 5.58. The molecule has 166 valence electrons. The number of aromatic hydroxyl groups is 1. The van der Waals surface area contributed by atoms with Gasteiger partial charge in [-0.2, -0.15) is 5.10 Å². The summed E-state index contributed by atoms with van der Waals surface area (Å²) in [5.74, 6) is 0.129. The van der Waals surface area contributed by atoms with Crippen LogP contribution in [0.25, 0.3) is 6.08 Å². The zero-order valence-corrected chi connectivity index (χ0v) is 18.7. The Balaban J connectivity index is 1.57. The molecule has 3 N–H and O–H groups in total. The molecule has 4 rings (SSSR count). The fourth-order valence-corrected chi connectivity index (χ4v) is 3.31. The van der Waals surface area contributed by atoms with Gasteiger partial charge in [-0.3, -0.25) is 9.59 Å². The van der Waals surface area contributed by atoms with Crippen molar-refractivity contribution >= 4 is 40.0 Å². The van der Waals surface area contributed by atoms with Crippen LogP contribution < -0.4 is 20.2 Å². The minimum atomic E-state index is -0.635. The van der Waals surface area contributed by atoms with Gasteiger partial charge in [-0.1, -0.05) is 40.2 Å². The Morgan fingerprint density at radius 3 is 2.61 bits per heavy atom. The molecule has 8 nitrogen and oxygen atoms in total. The van der Waals surface area contributed by atoms with Crippen LogP contribution in [-0.2, 0) is 4.79 Å². The van der Waals surface area contributed by atoms with Gasteiger partial charge >= 0.3 is 0 Å². The number of carbonyl (C=O) groups is 2. The quantitative estimate of drug-likeness (QED) is 0.267. The lowest BCUT2D eigenvalue weighted by atomic mass is 10.1. The summed E-state index contributed by atoms with van der Waals surface area (Å²) in [5.41, 5.74) is 3.96. The monoisotopic (exact) mass is 507 g/mol. The van der Waals surface area contributed by atoms with Crippen LogP contribution in [0.5, 0.6) is 17.2 Å². The Morgan fingerprint density at radius 1 is 1.00 bits per heavy atom. The summed E-state index contributed by atoms with van der Waals surface area (Å²) in [6.07, 6.45) is 2.89. The fourth-order valence-electron chi connectivity index (χ4n) is 2.96. The van der Waals surface area contributed by atoms with Gasteiger partial charge in [0.1, 0.15) is 11.4 Å². The van der Waals surface area contributed by atoms with Crippen LogP contribution in [0.2, 0.25) is 0 Å². The highest BCUT2D eigenvalue weighted by atomic mass is 79.9. The number of hydrogen-bond donors (Lipinski definition) is 3. The largest absolute Gasteiger partial charge is 0.508 e. The SMILES string of the molecule is O=C(N/N=C\c1cc(O)ccc1Br)C(=Cc1ccc2c(c1)OCO2)NC(=O)c1ccccc1. The third-order valence-corrected chi connectivity index (χ3v) is 5.31. The van der Waals surface area contributed by atoms with E-state index in [0.717, 1.165) is 0 Å². The number of ether oxygens (including phenoxy) is 2. The molecule has 0 aromatic heterocycles. The van der Waals surface area contributed by atoms with E-state index in [-0.39, 0.29) is 18.2 Å². The number of phenolic OH excluding ortho intramolecular Hbond substituents is 1. The van der Waals surface area contributed by atoms with Crippen molar-refractivity contribution in [3.05, 3.63) is 93.6 Å². The number of fused-ring (bicyclic) bond motifs is 1. The third-order valence-electron chi connectivity index (χ3n) is 4.59. The molecule has 0 unspecified atom stereocenters. The van der Waals surface area contributed by atoms with E-state index in [9.17, 15) is 14.7 Å². The van der Waals surface area contributed by atoms with Crippen LogP contribution in [0.15, 0.2) is 82.0 Å². The number of phenols is 1. The van der Waals surface area contributed by atoms with Gasteiger partial charge in [-0.15, -0.1) is 0 Å². The minimum absolute atomic E-state index is 0.0187. The van der Waals surface area contributed by atoms with E-state index in [1.54, 1.807) is 54.6 Å². The van der Waals surface area contributed by atoms with Crippen molar-refractivity contribution in [1.82, 2.24) is 10.7 Å². The van der Waals surface area contributed by atoms with Crippen molar-refractivity contribution in [1.29, 1.82) is 0 Å². The van der Waals surface area contributed by atoms with Gasteiger partial charge in [0.2, 0.25) is 6.79 Å². The summed E-state index contributed by atoms with van der Waals surface area (Å²) >= 11 is 3.35. The number of hydrazone groups is 1. The number of amides is 2. The molecule has 0 aliphatic carbocycles. The second kappa shape index (κ2) is 10.0. The average molecular weight is 508 g/mol. The topological polar surface area (TPSA) is 109 Å². The molecule has 1 heterocycles. The van der Waals surface area contributed by atoms with Crippen LogP contribution in [0, 0.1) is 0 Å². The first kappa shape index (κ1) is 22.1. The highest BCUT2D eigenvalue weighted by Gasteiger charge is 2.17. The molecule has 1 aliphatic rings. The van der Waals surface area contributed by atoms with Crippen LogP contribution in [0.3, 0.4) is 0 Å². The van der Waals surface area contributed by atoms with Crippen molar-refractivity contribution in [3.63, 3.8) is 0 Å². The second-order valence-electron chi connectivity index (χ2n) is 6.90. The number of rotatable bonds is 6. The first-order valence-corrected chi connectivity index (χ1v) is 10.6. The number of nitrogens with one attached hydrogen (secondary N) is 2. The second-order valence-corrected chi connectivity index (χ2v) is 7.75. The van der Waals surface area contributed by atoms with Gasteiger partial charge in [0.05, 0.1) is 6.21 Å². The van der Waals surface area contributed by atoms with Crippen molar-refractivity contribution < 1.29 is 24.2 Å². The molecule has 33 heavy (non-hydrogen) atoms. The van der Waals surface area contributed by atoms with E-state index in [0.29, 0.717) is 32.7 Å². The number of nitrogens with zero attached hydrogens (tertiary/aromatic N) is 1. The number of hydrogen-bond acceptors (Lipinski definition) is 6. The lowest BCUT2D eigenvalue weighted by Gasteiger charge is -2.09. The molecule has 0 atom stereocenters. The highest BCUT2D eigenvalue weighted by Crippen LogP contribution is 2.33. The highest BCUT2D eigenvalue weighted by molar-refractivity contribution is 9.10. The predicted octanol–water partition coefficient (Wildman–Crippen LogP) is 3.80. The maximum absolute atomic E-state index is 12.9. The maximum Gasteiger partial charge on any atom is 0.287 e. The van der Waals surface area contributed by atoms with Gasteiger partial charge in [-0.25, -0.2) is 5.43 Å². The molecular weight excluding hydrogens is 490 g/mol. The molecule has 3 aromatic carbocycles. The Hall–Kier alpha value is -4.11. The summed E-state index contributed by atoms with van der Waals surface area (Å²) in [7, 11) is 0. The first-order valence-electron chi connectivity index (χ1n) is 9.79. The Labute approximate surface area is 197 Å². The number of halogens is 1. The molecule has 2 amide bonds. The Morgan fingerprint density at radius 2 is 1.79 bits per heavy atom. The number of carbonyl (C=O) groups excluding carboxylic acids is 2. The van der Waals surface area contributed by atoms with Crippen molar-refractivity contribution in [2.24, 2.45) is 5.10 Å². The van der Waals surface area contributed by atoms with E-state index in [1.165, 1.54) is 24.4 Å². The zero-order chi connectivity index (χ0) is 23.2. The summed E-state index contributed by atoms with van der Waals surface area (Å²) in [6.45, 7) is 0.125. The van der Waals surface area contributed by atoms with Gasteiger partial charge in [0.25, 0.3) is 11.8 Å². The summed E-state index contributed by atoms with van der Waals surface area (Å²) < 4.78 is 11.4. The molecule has 1 aliphatic heterocycles. The predicted molar refractivity (Wildman–Crippen MR) is 126 cm³/mol. The smallest absolute Gasteiger partial charge is 0.287 e. The molecule has 0 bridgehead atoms. The maximum atomic E-state index is 12.9. The molecule has 3 aromatic rings. The normalized spacial score (nSPS) is 12.6. The van der Waals surface area contributed by atoms with E-state index < -0.39 is 11.8 Å². The van der Waals surface area contributed by atoms with Gasteiger partial charge < -0.3 is 19.9 Å². The van der Waals surface area contributed by atoms with E-state index >= 15 is 0 Å². The lowest BCUT2D eigenvalue weighted by molar-refractivity contribution is -0.117. The summed E-state index contributed by atoms with van der Waals surface area (Å²) in [6, 6.07) is 18.4. The molecule has 9 heteroatoms. The molecule has 0 spiro atoms. The molecule has 0 radical (unpaired) electrons. The Kier molecular flexibility index (Phi) is 6.70. The number of benzene rings is 3. The average Bonchev–Trinajstić information content (AvgIpc) is 3.29. The molecule has 0 saturated heterocycles. The lowest BCUT2D eigenvalue weighted by Crippen LogP contribution is -2.32. The van der Waals surface area contributed by atoms with Crippen LogP contribution in [-0.4, -0.2) is 29.9 Å². The molecular formula is C24H18BrN3O5. The van der Waals surface area contributed by atoms with E-state index in [2.05, 4.69) is 31.8 Å². The van der Waals surface area contributed by atoms with Crippen LogP contribution >= 0.6 is 15.9 Å². The summed E-state index contributed by atoms with van der Waals surface area (Å²) in [5, 5.41) is 16.2. The van der Waals surface area contributed by atoms with Gasteiger partial charge in [-0.05, 0) is 54.1 Å². The van der Waals surface area contributed by atoms with Crippen LogP contribution in [0.4, 0.5) is 0 Å². The summed E-state index contributed by atoms with van der Waals surface area (Å²) in [4.78, 5) is 25.5. The van der Waals surface area contributed by atoms with E-state index in [1.807, 2.05) is 0 Å².